The number of hydrogen-bond donors (Lipinski definition) is 1. The molecule has 0 bridgehead atoms. The second-order valence-electron chi connectivity index (χ2n) is 3.97. The van der Waals surface area contributed by atoms with E-state index < -0.39 is 0 Å². The number of nitrogens with zero attached hydrogens (tertiary/aromatic N) is 3. The first kappa shape index (κ1) is 14.8. The van der Waals surface area contributed by atoms with Gasteiger partial charge in [0.25, 0.3) is 0 Å². The first-order valence-electron chi connectivity index (χ1n) is 6.69. The Bertz CT molecular complexity index is 592. The van der Waals surface area contributed by atoms with Crippen LogP contribution in [0.1, 0.15) is 13.8 Å². The van der Waals surface area contributed by atoms with E-state index in [1.54, 1.807) is 12.1 Å². The standard InChI is InChI=1S/C14H18N4O3/c1-4-15-12-16-13(19-3)18-14(17-12)21-11-8-6-7-10(9-11)20-5-2/h6-9H,4-5H2,1-3H3,(H,15,16,17,18). The molecule has 0 aliphatic carbocycles. The Hall–Kier alpha value is -2.57. The Balaban J connectivity index is 2.21. The van der Waals surface area contributed by atoms with Gasteiger partial charge in [-0.25, -0.2) is 0 Å². The van der Waals surface area contributed by atoms with Gasteiger partial charge in [-0.05, 0) is 26.0 Å². The van der Waals surface area contributed by atoms with Crippen molar-refractivity contribution in [2.75, 3.05) is 25.6 Å². The third kappa shape index (κ3) is 4.20. The highest BCUT2D eigenvalue weighted by molar-refractivity contribution is 5.35. The predicted molar refractivity (Wildman–Crippen MR) is 78.2 cm³/mol. The lowest BCUT2D eigenvalue weighted by Crippen LogP contribution is -2.06. The first-order valence-corrected chi connectivity index (χ1v) is 6.69. The Kier molecular flexibility index (Phi) is 5.14. The molecule has 1 heterocycles. The van der Waals surface area contributed by atoms with E-state index in [1.807, 2.05) is 26.0 Å². The van der Waals surface area contributed by atoms with Crippen LogP contribution in [0.15, 0.2) is 24.3 Å². The van der Waals surface area contributed by atoms with Crippen molar-refractivity contribution in [3.05, 3.63) is 24.3 Å². The second kappa shape index (κ2) is 7.28. The Morgan fingerprint density at radius 1 is 1.05 bits per heavy atom. The van der Waals surface area contributed by atoms with E-state index in [0.717, 1.165) is 5.75 Å². The molecule has 0 radical (unpaired) electrons. The van der Waals surface area contributed by atoms with Crippen LogP contribution in [0.5, 0.6) is 23.5 Å². The van der Waals surface area contributed by atoms with Crippen LogP contribution in [0, 0.1) is 0 Å². The number of hydrogen-bond acceptors (Lipinski definition) is 7. The van der Waals surface area contributed by atoms with Crippen molar-refractivity contribution in [3.8, 4) is 23.5 Å². The molecule has 0 amide bonds. The van der Waals surface area contributed by atoms with Crippen LogP contribution in [0.2, 0.25) is 0 Å². The number of aromatic nitrogens is 3. The highest BCUT2D eigenvalue weighted by Gasteiger charge is 2.09. The maximum absolute atomic E-state index is 5.63. The van der Waals surface area contributed by atoms with Crippen molar-refractivity contribution in [1.82, 2.24) is 15.0 Å². The van der Waals surface area contributed by atoms with Crippen LogP contribution >= 0.6 is 0 Å². The Labute approximate surface area is 123 Å². The van der Waals surface area contributed by atoms with Gasteiger partial charge in [0, 0.05) is 12.6 Å². The average molecular weight is 290 g/mol. The number of methoxy groups -OCH3 is 1. The largest absolute Gasteiger partial charge is 0.494 e. The van der Waals surface area contributed by atoms with Crippen molar-refractivity contribution in [2.45, 2.75) is 13.8 Å². The SMILES string of the molecule is CCNc1nc(OC)nc(Oc2cccc(OCC)c2)n1. The minimum absolute atomic E-state index is 0.159. The third-order valence-electron chi connectivity index (χ3n) is 2.44. The maximum atomic E-state index is 5.63. The number of nitrogens with one attached hydrogen (secondary N) is 1. The number of benzene rings is 1. The van der Waals surface area contributed by atoms with E-state index in [4.69, 9.17) is 14.2 Å². The molecular formula is C14H18N4O3. The van der Waals surface area contributed by atoms with Crippen molar-refractivity contribution < 1.29 is 14.2 Å². The summed E-state index contributed by atoms with van der Waals surface area (Å²) in [5.41, 5.74) is 0. The van der Waals surface area contributed by atoms with Gasteiger partial charge < -0.3 is 19.5 Å². The molecule has 0 fully saturated rings. The number of rotatable bonds is 7. The number of anilines is 1. The van der Waals surface area contributed by atoms with E-state index in [1.165, 1.54) is 7.11 Å². The molecule has 0 saturated carbocycles. The van der Waals surface area contributed by atoms with Crippen LogP contribution in [0.25, 0.3) is 0 Å². The molecule has 2 rings (SSSR count). The van der Waals surface area contributed by atoms with Crippen LogP contribution < -0.4 is 19.5 Å². The van der Waals surface area contributed by atoms with E-state index in [0.29, 0.717) is 24.8 Å². The highest BCUT2D eigenvalue weighted by atomic mass is 16.5. The summed E-state index contributed by atoms with van der Waals surface area (Å²) in [5, 5.41) is 2.99. The van der Waals surface area contributed by atoms with E-state index in [-0.39, 0.29) is 12.0 Å². The molecule has 7 heteroatoms. The number of ether oxygens (including phenoxy) is 3. The Morgan fingerprint density at radius 2 is 1.81 bits per heavy atom. The quantitative estimate of drug-likeness (QED) is 0.839. The Morgan fingerprint density at radius 3 is 2.52 bits per heavy atom. The molecule has 0 spiro atoms. The lowest BCUT2D eigenvalue weighted by atomic mass is 10.3. The molecule has 2 aromatic rings. The summed E-state index contributed by atoms with van der Waals surface area (Å²) in [6.07, 6.45) is 0. The lowest BCUT2D eigenvalue weighted by Gasteiger charge is -2.09. The lowest BCUT2D eigenvalue weighted by molar-refractivity contribution is 0.336. The molecule has 0 unspecified atom stereocenters. The van der Waals surface area contributed by atoms with Crippen molar-refractivity contribution in [3.63, 3.8) is 0 Å². The van der Waals surface area contributed by atoms with Crippen molar-refractivity contribution >= 4 is 5.95 Å². The zero-order chi connectivity index (χ0) is 15.1. The van der Waals surface area contributed by atoms with Gasteiger partial charge in [-0.1, -0.05) is 6.07 Å². The molecule has 0 aliphatic rings. The average Bonchev–Trinajstić information content (AvgIpc) is 2.48. The molecular weight excluding hydrogens is 272 g/mol. The van der Waals surface area contributed by atoms with E-state index in [2.05, 4.69) is 20.3 Å². The minimum Gasteiger partial charge on any atom is -0.494 e. The van der Waals surface area contributed by atoms with Crippen LogP contribution in [-0.2, 0) is 0 Å². The maximum Gasteiger partial charge on any atom is 0.330 e. The predicted octanol–water partition coefficient (Wildman–Crippen LogP) is 2.50. The van der Waals surface area contributed by atoms with Crippen molar-refractivity contribution in [1.29, 1.82) is 0 Å². The summed E-state index contributed by atoms with van der Waals surface area (Å²) in [7, 11) is 1.49. The molecule has 112 valence electrons. The first-order chi connectivity index (χ1) is 10.2. The van der Waals surface area contributed by atoms with Gasteiger partial charge in [0.05, 0.1) is 13.7 Å². The van der Waals surface area contributed by atoms with Gasteiger partial charge in [0.15, 0.2) is 0 Å². The van der Waals surface area contributed by atoms with Gasteiger partial charge in [0.1, 0.15) is 11.5 Å². The normalized spacial score (nSPS) is 10.0. The molecule has 7 nitrogen and oxygen atoms in total. The van der Waals surface area contributed by atoms with Crippen LogP contribution in [0.3, 0.4) is 0 Å². The van der Waals surface area contributed by atoms with Gasteiger partial charge in [-0.2, -0.15) is 9.97 Å². The summed E-state index contributed by atoms with van der Waals surface area (Å²) in [4.78, 5) is 12.3. The smallest absolute Gasteiger partial charge is 0.330 e. The van der Waals surface area contributed by atoms with Gasteiger partial charge >= 0.3 is 12.0 Å². The molecule has 1 N–H and O–H groups in total. The fourth-order valence-electron chi connectivity index (χ4n) is 1.61. The summed E-state index contributed by atoms with van der Waals surface area (Å²) in [6.45, 7) is 5.15. The van der Waals surface area contributed by atoms with Gasteiger partial charge in [-0.3, -0.25) is 0 Å². The summed E-state index contributed by atoms with van der Waals surface area (Å²) in [5.74, 6) is 1.71. The fourth-order valence-corrected chi connectivity index (χ4v) is 1.61. The highest BCUT2D eigenvalue weighted by Crippen LogP contribution is 2.24. The summed E-state index contributed by atoms with van der Waals surface area (Å²) < 4.78 is 16.1. The van der Waals surface area contributed by atoms with Crippen LogP contribution in [-0.4, -0.2) is 35.2 Å². The molecule has 0 aliphatic heterocycles. The van der Waals surface area contributed by atoms with Gasteiger partial charge in [-0.15, -0.1) is 4.98 Å². The summed E-state index contributed by atoms with van der Waals surface area (Å²) >= 11 is 0. The fraction of sp³-hybridized carbons (Fsp3) is 0.357. The summed E-state index contributed by atoms with van der Waals surface area (Å²) in [6, 6.07) is 7.61. The monoisotopic (exact) mass is 290 g/mol. The third-order valence-corrected chi connectivity index (χ3v) is 2.44. The van der Waals surface area contributed by atoms with Gasteiger partial charge in [0.2, 0.25) is 5.95 Å². The van der Waals surface area contributed by atoms with E-state index >= 15 is 0 Å². The second-order valence-corrected chi connectivity index (χ2v) is 3.97. The van der Waals surface area contributed by atoms with Crippen molar-refractivity contribution in [2.24, 2.45) is 0 Å². The molecule has 1 aromatic heterocycles. The molecule has 1 aromatic carbocycles. The molecule has 21 heavy (non-hydrogen) atoms. The van der Waals surface area contributed by atoms with Crippen LogP contribution in [0.4, 0.5) is 5.95 Å². The minimum atomic E-state index is 0.159. The molecule has 0 saturated heterocycles. The molecule has 0 atom stereocenters. The van der Waals surface area contributed by atoms with E-state index in [9.17, 15) is 0 Å². The zero-order valence-corrected chi connectivity index (χ0v) is 12.3. The zero-order valence-electron chi connectivity index (χ0n) is 12.3. The topological polar surface area (TPSA) is 78.4 Å².